The minimum Gasteiger partial charge on any atom is -0.468 e. The molecule has 0 aliphatic heterocycles. The predicted octanol–water partition coefficient (Wildman–Crippen LogP) is 5.61. The Labute approximate surface area is 243 Å². The molecule has 2 atom stereocenters. The summed E-state index contributed by atoms with van der Waals surface area (Å²) in [5.41, 5.74) is 0.575. The molecule has 0 aliphatic carbocycles. The second-order valence-electron chi connectivity index (χ2n) is 10.6. The maximum absolute atomic E-state index is 12.5. The summed E-state index contributed by atoms with van der Waals surface area (Å²) in [6, 6.07) is 3.75. The Morgan fingerprint density at radius 1 is 0.854 bits per heavy atom. The second-order valence-corrected chi connectivity index (χ2v) is 10.6. The van der Waals surface area contributed by atoms with Crippen LogP contribution >= 0.6 is 0 Å². The monoisotopic (exact) mass is 581 g/mol. The van der Waals surface area contributed by atoms with E-state index in [0.29, 0.717) is 36.7 Å². The number of carbonyl (C=O) groups is 4. The Morgan fingerprint density at radius 3 is 1.98 bits per heavy atom. The third-order valence-electron chi connectivity index (χ3n) is 5.87. The van der Waals surface area contributed by atoms with Crippen LogP contribution in [0.15, 0.2) is 18.2 Å². The zero-order valence-electron chi connectivity index (χ0n) is 25.5. The highest BCUT2D eigenvalue weighted by Crippen LogP contribution is 2.30. The van der Waals surface area contributed by atoms with Crippen LogP contribution in [0.1, 0.15) is 79.2 Å². The van der Waals surface area contributed by atoms with Crippen molar-refractivity contribution in [1.29, 1.82) is 0 Å². The van der Waals surface area contributed by atoms with E-state index in [-0.39, 0.29) is 43.6 Å². The summed E-state index contributed by atoms with van der Waals surface area (Å²) in [4.78, 5) is 49.0. The summed E-state index contributed by atoms with van der Waals surface area (Å²) in [6.07, 6.45) is 1.06. The fourth-order valence-corrected chi connectivity index (χ4v) is 3.41. The Kier molecular flexibility index (Phi) is 17.1. The normalized spacial score (nSPS) is 12.4. The van der Waals surface area contributed by atoms with Crippen molar-refractivity contribution in [2.45, 2.75) is 92.2 Å². The molecule has 11 nitrogen and oxygen atoms in total. The number of benzene rings is 1. The first-order chi connectivity index (χ1) is 19.4. The van der Waals surface area contributed by atoms with Gasteiger partial charge in [0.1, 0.15) is 12.1 Å². The SMILES string of the molecule is CCCCC(=O)OC(C)CN[C@@H](Cc1ccc(OC(=O)OCCC(C)C)c(OC(=O)OCCC(C)C)c1)C(=O)OC. The van der Waals surface area contributed by atoms with Gasteiger partial charge in [0.05, 0.1) is 20.3 Å². The fourth-order valence-electron chi connectivity index (χ4n) is 3.41. The molecule has 0 radical (unpaired) electrons. The summed E-state index contributed by atoms with van der Waals surface area (Å²) in [5, 5.41) is 3.07. The number of hydrogen-bond donors (Lipinski definition) is 1. The van der Waals surface area contributed by atoms with Crippen LogP contribution in [-0.4, -0.2) is 63.3 Å². The Bertz CT molecular complexity index is 963. The summed E-state index contributed by atoms with van der Waals surface area (Å²) in [6.45, 7) is 12.3. The Morgan fingerprint density at radius 2 is 1.44 bits per heavy atom. The number of hydrogen-bond acceptors (Lipinski definition) is 11. The zero-order valence-corrected chi connectivity index (χ0v) is 25.5. The molecule has 0 aliphatic rings. The summed E-state index contributed by atoms with van der Waals surface area (Å²) in [7, 11) is 1.27. The lowest BCUT2D eigenvalue weighted by Crippen LogP contribution is -2.43. The van der Waals surface area contributed by atoms with E-state index >= 15 is 0 Å². The first-order valence-electron chi connectivity index (χ1n) is 14.3. The molecule has 0 fully saturated rings. The van der Waals surface area contributed by atoms with Crippen LogP contribution in [0.4, 0.5) is 9.59 Å². The van der Waals surface area contributed by atoms with Crippen molar-refractivity contribution < 1.29 is 47.6 Å². The number of carbonyl (C=O) groups excluding carboxylic acids is 4. The number of ether oxygens (including phenoxy) is 6. The quantitative estimate of drug-likeness (QED) is 0.132. The minimum absolute atomic E-state index is 0.0423. The lowest BCUT2D eigenvalue weighted by molar-refractivity contribution is -0.148. The predicted molar refractivity (Wildman–Crippen MR) is 152 cm³/mol. The number of rotatable bonds is 18. The highest BCUT2D eigenvalue weighted by atomic mass is 16.7. The van der Waals surface area contributed by atoms with Crippen LogP contribution in [0, 0.1) is 11.8 Å². The molecule has 0 spiro atoms. The van der Waals surface area contributed by atoms with Crippen molar-refractivity contribution in [1.82, 2.24) is 5.32 Å². The molecule has 0 heterocycles. The van der Waals surface area contributed by atoms with Crippen LogP contribution in [0.2, 0.25) is 0 Å². The first kappa shape index (κ1) is 35.7. The molecule has 41 heavy (non-hydrogen) atoms. The van der Waals surface area contributed by atoms with Gasteiger partial charge in [-0.25, -0.2) is 9.59 Å². The molecule has 1 aromatic rings. The highest BCUT2D eigenvalue weighted by molar-refractivity contribution is 5.76. The summed E-state index contributed by atoms with van der Waals surface area (Å²) in [5.74, 6) is -0.265. The van der Waals surface area contributed by atoms with E-state index in [4.69, 9.17) is 28.4 Å². The van der Waals surface area contributed by atoms with Gasteiger partial charge < -0.3 is 33.7 Å². The van der Waals surface area contributed by atoms with Gasteiger partial charge in [0, 0.05) is 13.0 Å². The van der Waals surface area contributed by atoms with Crippen molar-refractivity contribution in [2.75, 3.05) is 26.9 Å². The lowest BCUT2D eigenvalue weighted by atomic mass is 10.0. The van der Waals surface area contributed by atoms with Crippen LogP contribution in [0.5, 0.6) is 11.5 Å². The van der Waals surface area contributed by atoms with E-state index in [0.717, 1.165) is 12.8 Å². The molecule has 0 saturated carbocycles. The topological polar surface area (TPSA) is 136 Å². The molecule has 0 amide bonds. The van der Waals surface area contributed by atoms with Gasteiger partial charge in [-0.3, -0.25) is 9.59 Å². The van der Waals surface area contributed by atoms with Gasteiger partial charge in [0.15, 0.2) is 11.5 Å². The van der Waals surface area contributed by atoms with E-state index in [1.807, 2.05) is 34.6 Å². The highest BCUT2D eigenvalue weighted by Gasteiger charge is 2.23. The number of esters is 2. The largest absolute Gasteiger partial charge is 0.513 e. The number of nitrogens with one attached hydrogen (secondary N) is 1. The maximum atomic E-state index is 12.5. The van der Waals surface area contributed by atoms with Crippen molar-refractivity contribution in [2.24, 2.45) is 11.8 Å². The molecule has 1 aromatic carbocycles. The number of unbranched alkanes of at least 4 members (excludes halogenated alkanes) is 1. The van der Waals surface area contributed by atoms with E-state index in [1.165, 1.54) is 19.2 Å². The summed E-state index contributed by atoms with van der Waals surface area (Å²) >= 11 is 0. The summed E-state index contributed by atoms with van der Waals surface area (Å²) < 4.78 is 31.2. The third-order valence-corrected chi connectivity index (χ3v) is 5.87. The van der Waals surface area contributed by atoms with Gasteiger partial charge in [0.2, 0.25) is 0 Å². The van der Waals surface area contributed by atoms with Crippen molar-refractivity contribution in [3.63, 3.8) is 0 Å². The van der Waals surface area contributed by atoms with Gasteiger partial charge in [-0.1, -0.05) is 47.1 Å². The molecular weight excluding hydrogens is 534 g/mol. The van der Waals surface area contributed by atoms with Crippen molar-refractivity contribution >= 4 is 24.2 Å². The van der Waals surface area contributed by atoms with Crippen LogP contribution in [-0.2, 0) is 35.0 Å². The molecule has 232 valence electrons. The lowest BCUT2D eigenvalue weighted by Gasteiger charge is -2.20. The van der Waals surface area contributed by atoms with Crippen molar-refractivity contribution in [3.8, 4) is 11.5 Å². The molecule has 0 aromatic heterocycles. The van der Waals surface area contributed by atoms with E-state index in [2.05, 4.69) is 5.32 Å². The van der Waals surface area contributed by atoms with Gasteiger partial charge in [0.25, 0.3) is 0 Å². The Balaban J connectivity index is 3.01. The van der Waals surface area contributed by atoms with Crippen LogP contribution in [0.3, 0.4) is 0 Å². The first-order valence-corrected chi connectivity index (χ1v) is 14.3. The Hall–Kier alpha value is -3.34. The molecule has 1 rings (SSSR count). The van der Waals surface area contributed by atoms with Gasteiger partial charge in [-0.15, -0.1) is 0 Å². The maximum Gasteiger partial charge on any atom is 0.513 e. The molecule has 1 N–H and O–H groups in total. The van der Waals surface area contributed by atoms with Gasteiger partial charge >= 0.3 is 24.2 Å². The minimum atomic E-state index is -0.956. The van der Waals surface area contributed by atoms with Crippen molar-refractivity contribution in [3.05, 3.63) is 23.8 Å². The molecule has 0 bridgehead atoms. The van der Waals surface area contributed by atoms with Gasteiger partial charge in [-0.2, -0.15) is 0 Å². The fraction of sp³-hybridized carbons (Fsp3) is 0.667. The van der Waals surface area contributed by atoms with E-state index in [1.54, 1.807) is 13.0 Å². The van der Waals surface area contributed by atoms with E-state index < -0.39 is 30.4 Å². The molecular formula is C30H47NO10. The second kappa shape index (κ2) is 19.7. The smallest absolute Gasteiger partial charge is 0.468 e. The zero-order chi connectivity index (χ0) is 30.8. The molecule has 0 saturated heterocycles. The van der Waals surface area contributed by atoms with E-state index in [9.17, 15) is 19.2 Å². The van der Waals surface area contributed by atoms with Gasteiger partial charge in [-0.05, 0) is 62.1 Å². The number of methoxy groups -OCH3 is 1. The molecule has 1 unspecified atom stereocenters. The van der Waals surface area contributed by atoms with Crippen LogP contribution in [0.25, 0.3) is 0 Å². The average Bonchev–Trinajstić information content (AvgIpc) is 2.90. The standard InChI is InChI=1S/C30H47NO10/c1-8-9-10-27(32)39-22(6)19-31-24(28(33)36-7)17-23-11-12-25(40-29(34)37-15-13-20(2)3)26(18-23)41-30(35)38-16-14-21(4)5/h11-12,18,20-22,24,31H,8-10,13-17,19H2,1-7H3/t22?,24-/m0/s1. The third kappa shape index (κ3) is 15.9. The average molecular weight is 582 g/mol. The van der Waals surface area contributed by atoms with Crippen LogP contribution < -0.4 is 14.8 Å². The molecule has 11 heteroatoms.